The molecule has 5 rings (SSSR count). The van der Waals surface area contributed by atoms with E-state index in [1.54, 1.807) is 0 Å². The molecule has 1 aromatic heterocycles. The molecule has 1 saturated carbocycles. The minimum atomic E-state index is -0.200. The van der Waals surface area contributed by atoms with Crippen LogP contribution in [-0.4, -0.2) is 15.8 Å². The van der Waals surface area contributed by atoms with Crippen molar-refractivity contribution < 1.29 is 4.79 Å². The molecule has 0 radical (unpaired) electrons. The lowest BCUT2D eigenvalue weighted by atomic mass is 9.53. The van der Waals surface area contributed by atoms with E-state index in [0.29, 0.717) is 18.1 Å². The number of Topliss-reactive ketones (excluding diaryl/α,β-unsaturated/α-hetero) is 1. The Morgan fingerprint density at radius 1 is 0.964 bits per heavy atom. The molecule has 3 heteroatoms. The molecule has 2 aromatic carbocycles. The monoisotopic (exact) mass is 368 g/mol. The molecule has 1 fully saturated rings. The number of carbonyl (C=O) groups is 1. The van der Waals surface area contributed by atoms with Crippen LogP contribution >= 0.6 is 0 Å². The van der Waals surface area contributed by atoms with Gasteiger partial charge in [-0.05, 0) is 36.3 Å². The molecule has 28 heavy (non-hydrogen) atoms. The van der Waals surface area contributed by atoms with Crippen LogP contribution in [0, 0.1) is 11.8 Å². The smallest absolute Gasteiger partial charge is 0.159 e. The van der Waals surface area contributed by atoms with Gasteiger partial charge in [-0.15, -0.1) is 0 Å². The summed E-state index contributed by atoms with van der Waals surface area (Å²) in [7, 11) is 0. The van der Waals surface area contributed by atoms with Gasteiger partial charge >= 0.3 is 0 Å². The van der Waals surface area contributed by atoms with Crippen LogP contribution in [0.2, 0.25) is 0 Å². The van der Waals surface area contributed by atoms with Crippen LogP contribution in [0.25, 0.3) is 11.4 Å². The number of nitrogens with zero attached hydrogens (tertiary/aromatic N) is 2. The zero-order valence-corrected chi connectivity index (χ0v) is 16.1. The first-order valence-electron chi connectivity index (χ1n) is 10.2. The highest BCUT2D eigenvalue weighted by atomic mass is 16.1. The van der Waals surface area contributed by atoms with E-state index in [2.05, 4.69) is 54.4 Å². The van der Waals surface area contributed by atoms with Crippen molar-refractivity contribution in [2.75, 3.05) is 0 Å². The van der Waals surface area contributed by atoms with E-state index in [9.17, 15) is 4.79 Å². The Labute approximate surface area is 165 Å². The second kappa shape index (κ2) is 6.66. The van der Waals surface area contributed by atoms with Crippen LogP contribution in [0.1, 0.15) is 43.0 Å². The third-order valence-electron chi connectivity index (χ3n) is 6.84. The van der Waals surface area contributed by atoms with E-state index in [-0.39, 0.29) is 11.3 Å². The average Bonchev–Trinajstić information content (AvgIpc) is 2.77. The number of hydrogen-bond donors (Lipinski definition) is 0. The van der Waals surface area contributed by atoms with Crippen LogP contribution in [-0.2, 0) is 16.6 Å². The van der Waals surface area contributed by atoms with Gasteiger partial charge in [-0.2, -0.15) is 0 Å². The Morgan fingerprint density at radius 2 is 1.68 bits per heavy atom. The van der Waals surface area contributed by atoms with E-state index in [0.717, 1.165) is 36.3 Å². The van der Waals surface area contributed by atoms with Gasteiger partial charge in [-0.25, -0.2) is 9.97 Å². The highest BCUT2D eigenvalue weighted by Crippen LogP contribution is 2.54. The van der Waals surface area contributed by atoms with Gasteiger partial charge in [0.1, 0.15) is 5.78 Å². The molecule has 3 nitrogen and oxygen atoms in total. The van der Waals surface area contributed by atoms with Gasteiger partial charge < -0.3 is 0 Å². The maximum Gasteiger partial charge on any atom is 0.159 e. The van der Waals surface area contributed by atoms with Crippen molar-refractivity contribution in [2.45, 2.75) is 38.0 Å². The Kier molecular flexibility index (Phi) is 4.12. The standard InChI is InChI=1S/C25H24N2O/c1-17-21-13-12-19-16-26-24(18-8-4-2-5-9-18)27-23(19)25(21,15-14-22(17)28)20-10-6-3-7-11-20/h2-11,16-17,21H,12-15H2,1H3. The predicted octanol–water partition coefficient (Wildman–Crippen LogP) is 4.99. The fraction of sp³-hybridized carbons (Fsp3) is 0.320. The molecule has 3 aromatic rings. The number of aromatic nitrogens is 2. The van der Waals surface area contributed by atoms with Crippen LogP contribution < -0.4 is 0 Å². The highest BCUT2D eigenvalue weighted by molar-refractivity contribution is 5.83. The zero-order chi connectivity index (χ0) is 19.1. The SMILES string of the molecule is CC1C(=O)CCC2(c3ccccc3)c3nc(-c4ccccc4)ncc3CCC12. The summed E-state index contributed by atoms with van der Waals surface area (Å²) in [5.41, 5.74) is 4.51. The molecule has 0 N–H and O–H groups in total. The van der Waals surface area contributed by atoms with E-state index in [1.165, 1.54) is 11.1 Å². The van der Waals surface area contributed by atoms with Crippen LogP contribution in [0.3, 0.4) is 0 Å². The van der Waals surface area contributed by atoms with Gasteiger partial charge in [0.25, 0.3) is 0 Å². The topological polar surface area (TPSA) is 42.9 Å². The van der Waals surface area contributed by atoms with Crippen molar-refractivity contribution in [2.24, 2.45) is 11.8 Å². The first-order valence-corrected chi connectivity index (χ1v) is 10.2. The Bertz CT molecular complexity index is 1020. The maximum absolute atomic E-state index is 12.6. The van der Waals surface area contributed by atoms with Crippen molar-refractivity contribution in [3.8, 4) is 11.4 Å². The Balaban J connectivity index is 1.74. The predicted molar refractivity (Wildman–Crippen MR) is 110 cm³/mol. The first-order chi connectivity index (χ1) is 13.7. The lowest BCUT2D eigenvalue weighted by Crippen LogP contribution is -2.50. The molecule has 3 unspecified atom stereocenters. The second-order valence-electron chi connectivity index (χ2n) is 8.17. The summed E-state index contributed by atoms with van der Waals surface area (Å²) in [6, 6.07) is 20.9. The molecule has 0 spiro atoms. The number of fused-ring (bicyclic) bond motifs is 3. The van der Waals surface area contributed by atoms with Crippen LogP contribution in [0.4, 0.5) is 0 Å². The quantitative estimate of drug-likeness (QED) is 0.640. The first kappa shape index (κ1) is 17.3. The van der Waals surface area contributed by atoms with Crippen molar-refractivity contribution >= 4 is 5.78 Å². The lowest BCUT2D eigenvalue weighted by Gasteiger charge is -2.50. The molecular formula is C25H24N2O. The number of carbonyl (C=O) groups excluding carboxylic acids is 1. The summed E-state index contributed by atoms with van der Waals surface area (Å²) in [4.78, 5) is 22.4. The lowest BCUT2D eigenvalue weighted by molar-refractivity contribution is -0.128. The summed E-state index contributed by atoms with van der Waals surface area (Å²) in [5.74, 6) is 1.54. The van der Waals surface area contributed by atoms with E-state index in [1.807, 2.05) is 24.4 Å². The summed E-state index contributed by atoms with van der Waals surface area (Å²) >= 11 is 0. The fourth-order valence-corrected chi connectivity index (χ4v) is 5.42. The molecule has 2 aliphatic carbocycles. The average molecular weight is 368 g/mol. The van der Waals surface area contributed by atoms with Gasteiger partial charge in [-0.1, -0.05) is 67.6 Å². The maximum atomic E-state index is 12.6. The third-order valence-corrected chi connectivity index (χ3v) is 6.84. The fourth-order valence-electron chi connectivity index (χ4n) is 5.42. The van der Waals surface area contributed by atoms with E-state index >= 15 is 0 Å². The third kappa shape index (κ3) is 2.53. The number of hydrogen-bond acceptors (Lipinski definition) is 3. The van der Waals surface area contributed by atoms with Crippen LogP contribution in [0.5, 0.6) is 0 Å². The van der Waals surface area contributed by atoms with Gasteiger partial charge in [0.2, 0.25) is 0 Å². The molecule has 2 aliphatic rings. The van der Waals surface area contributed by atoms with E-state index in [4.69, 9.17) is 4.98 Å². The second-order valence-corrected chi connectivity index (χ2v) is 8.17. The minimum Gasteiger partial charge on any atom is -0.299 e. The number of ketones is 1. The molecule has 1 heterocycles. The van der Waals surface area contributed by atoms with Gasteiger partial charge in [0.05, 0.1) is 5.69 Å². The molecule has 0 aliphatic heterocycles. The van der Waals surface area contributed by atoms with Crippen molar-refractivity contribution in [1.82, 2.24) is 9.97 Å². The molecule has 140 valence electrons. The highest BCUT2D eigenvalue weighted by Gasteiger charge is 2.53. The van der Waals surface area contributed by atoms with Crippen molar-refractivity contribution in [1.29, 1.82) is 0 Å². The molecule has 0 saturated heterocycles. The summed E-state index contributed by atoms with van der Waals surface area (Å²) in [6.07, 6.45) is 5.44. The largest absolute Gasteiger partial charge is 0.299 e. The minimum absolute atomic E-state index is 0.0669. The van der Waals surface area contributed by atoms with Crippen molar-refractivity contribution in [3.05, 3.63) is 83.7 Å². The zero-order valence-electron chi connectivity index (χ0n) is 16.1. The number of aryl methyl sites for hydroxylation is 1. The van der Waals surface area contributed by atoms with Gasteiger partial charge in [0.15, 0.2) is 5.82 Å². The number of rotatable bonds is 2. The molecule has 3 atom stereocenters. The summed E-state index contributed by atoms with van der Waals surface area (Å²) in [5, 5.41) is 0. The normalized spacial score (nSPS) is 26.4. The molecular weight excluding hydrogens is 344 g/mol. The van der Waals surface area contributed by atoms with Gasteiger partial charge in [0, 0.05) is 29.5 Å². The summed E-state index contributed by atoms with van der Waals surface area (Å²) in [6.45, 7) is 2.12. The molecule has 0 bridgehead atoms. The Hall–Kier alpha value is -2.81. The van der Waals surface area contributed by atoms with Crippen LogP contribution in [0.15, 0.2) is 66.9 Å². The van der Waals surface area contributed by atoms with Crippen molar-refractivity contribution in [3.63, 3.8) is 0 Å². The number of benzene rings is 2. The molecule has 0 amide bonds. The summed E-state index contributed by atoms with van der Waals surface area (Å²) < 4.78 is 0. The van der Waals surface area contributed by atoms with E-state index < -0.39 is 0 Å². The Morgan fingerprint density at radius 3 is 2.43 bits per heavy atom. The van der Waals surface area contributed by atoms with Gasteiger partial charge in [-0.3, -0.25) is 4.79 Å².